The first-order valence-corrected chi connectivity index (χ1v) is 11.2. The number of alkyl halides is 1. The van der Waals surface area contributed by atoms with Crippen LogP contribution in [0, 0.1) is 0 Å². The molecule has 0 aliphatic heterocycles. The van der Waals surface area contributed by atoms with Crippen LogP contribution >= 0.6 is 11.6 Å². The monoisotopic (exact) mass is 430 g/mol. The molecule has 0 heterocycles. The number of hydrogen-bond acceptors (Lipinski definition) is 0. The molecule has 0 atom stereocenters. The highest BCUT2D eigenvalue weighted by atomic mass is 35.5. The summed E-state index contributed by atoms with van der Waals surface area (Å²) in [6.07, 6.45) is 0. The van der Waals surface area contributed by atoms with Gasteiger partial charge in [-0.05, 0) is 38.9 Å². The van der Waals surface area contributed by atoms with Crippen LogP contribution in [-0.4, -0.2) is 0 Å². The average molecular weight is 431 g/mol. The standard InChI is InChI=1S/C31H23Cl/c32-31(26-18-9-3-10-19-26,27-20-11-4-12-21-27)29-23-13-22-28(24-14-5-1-6-15-24)30(29)25-16-7-2-8-17-25/h1-23H. The predicted octanol–water partition coefficient (Wildman–Crippen LogP) is 8.55. The normalized spacial score (nSPS) is 11.3. The number of hydrogen-bond donors (Lipinski definition) is 0. The lowest BCUT2D eigenvalue weighted by Gasteiger charge is -2.32. The summed E-state index contributed by atoms with van der Waals surface area (Å²) in [7, 11) is 0. The second-order valence-electron chi connectivity index (χ2n) is 7.85. The molecule has 0 aromatic heterocycles. The van der Waals surface area contributed by atoms with Gasteiger partial charge in [0.05, 0.1) is 0 Å². The highest BCUT2D eigenvalue weighted by molar-refractivity contribution is 6.29. The number of rotatable bonds is 5. The Labute approximate surface area is 194 Å². The maximum atomic E-state index is 7.73. The second-order valence-corrected chi connectivity index (χ2v) is 8.42. The molecule has 5 rings (SSSR count). The molecule has 5 aromatic rings. The highest BCUT2D eigenvalue weighted by Gasteiger charge is 2.36. The van der Waals surface area contributed by atoms with Crippen molar-refractivity contribution < 1.29 is 0 Å². The van der Waals surface area contributed by atoms with Gasteiger partial charge >= 0.3 is 0 Å². The fourth-order valence-corrected chi connectivity index (χ4v) is 4.84. The van der Waals surface area contributed by atoms with Crippen LogP contribution in [0.25, 0.3) is 22.3 Å². The minimum Gasteiger partial charge on any atom is -0.104 e. The van der Waals surface area contributed by atoms with Gasteiger partial charge in [-0.3, -0.25) is 0 Å². The Morgan fingerprint density at radius 3 is 1.34 bits per heavy atom. The number of halogens is 1. The molecule has 0 saturated heterocycles. The molecule has 0 aliphatic carbocycles. The van der Waals surface area contributed by atoms with E-state index >= 15 is 0 Å². The average Bonchev–Trinajstić information content (AvgIpc) is 2.90. The van der Waals surface area contributed by atoms with E-state index in [1.807, 2.05) is 12.1 Å². The van der Waals surface area contributed by atoms with Crippen molar-refractivity contribution >= 4 is 11.6 Å². The molecule has 0 radical (unpaired) electrons. The Morgan fingerprint density at radius 2 is 0.844 bits per heavy atom. The van der Waals surface area contributed by atoms with Crippen molar-refractivity contribution in [2.45, 2.75) is 4.87 Å². The summed E-state index contributed by atoms with van der Waals surface area (Å²) in [6, 6.07) is 48.3. The first kappa shape index (κ1) is 20.3. The van der Waals surface area contributed by atoms with Crippen molar-refractivity contribution in [1.82, 2.24) is 0 Å². The van der Waals surface area contributed by atoms with Crippen molar-refractivity contribution in [3.63, 3.8) is 0 Å². The quantitative estimate of drug-likeness (QED) is 0.193. The van der Waals surface area contributed by atoms with Gasteiger partial charge in [-0.2, -0.15) is 0 Å². The molecular formula is C31H23Cl. The van der Waals surface area contributed by atoms with Crippen molar-refractivity contribution in [1.29, 1.82) is 0 Å². The molecule has 0 bridgehead atoms. The van der Waals surface area contributed by atoms with Gasteiger partial charge in [-0.15, -0.1) is 11.6 Å². The Kier molecular flexibility index (Phi) is 5.62. The van der Waals surface area contributed by atoms with Gasteiger partial charge < -0.3 is 0 Å². The molecule has 32 heavy (non-hydrogen) atoms. The van der Waals surface area contributed by atoms with Crippen LogP contribution in [-0.2, 0) is 4.87 Å². The van der Waals surface area contributed by atoms with Gasteiger partial charge in [-0.25, -0.2) is 0 Å². The maximum Gasteiger partial charge on any atom is 0.120 e. The van der Waals surface area contributed by atoms with Crippen LogP contribution in [0.1, 0.15) is 16.7 Å². The van der Waals surface area contributed by atoms with E-state index in [1.165, 1.54) is 11.1 Å². The molecule has 0 fully saturated rings. The lowest BCUT2D eigenvalue weighted by molar-refractivity contribution is 0.882. The molecule has 154 valence electrons. The van der Waals surface area contributed by atoms with Crippen molar-refractivity contribution in [3.8, 4) is 22.3 Å². The van der Waals surface area contributed by atoms with Crippen LogP contribution in [0.15, 0.2) is 140 Å². The van der Waals surface area contributed by atoms with Crippen LogP contribution in [0.2, 0.25) is 0 Å². The Bertz CT molecular complexity index is 1250. The molecule has 1 heteroatoms. The molecule has 5 aromatic carbocycles. The SMILES string of the molecule is ClC(c1ccccc1)(c1ccccc1)c1cccc(-c2ccccc2)c1-c1ccccc1. The molecule has 0 nitrogen and oxygen atoms in total. The summed E-state index contributed by atoms with van der Waals surface area (Å²) in [4.78, 5) is -0.835. The van der Waals surface area contributed by atoms with E-state index in [0.717, 1.165) is 27.8 Å². The Balaban J connectivity index is 1.88. The Morgan fingerprint density at radius 1 is 0.406 bits per heavy atom. The van der Waals surface area contributed by atoms with E-state index in [-0.39, 0.29) is 0 Å². The van der Waals surface area contributed by atoms with Gasteiger partial charge in [0.25, 0.3) is 0 Å². The lowest BCUT2D eigenvalue weighted by atomic mass is 9.78. The molecular weight excluding hydrogens is 408 g/mol. The third-order valence-corrected chi connectivity index (χ3v) is 6.57. The predicted molar refractivity (Wildman–Crippen MR) is 136 cm³/mol. The molecule has 0 N–H and O–H groups in total. The van der Waals surface area contributed by atoms with Gasteiger partial charge in [-0.1, -0.05) is 140 Å². The largest absolute Gasteiger partial charge is 0.120 e. The summed E-state index contributed by atoms with van der Waals surface area (Å²) >= 11 is 7.73. The van der Waals surface area contributed by atoms with Crippen LogP contribution in [0.5, 0.6) is 0 Å². The van der Waals surface area contributed by atoms with Crippen LogP contribution < -0.4 is 0 Å². The summed E-state index contributed by atoms with van der Waals surface area (Å²) in [5, 5.41) is 0. The summed E-state index contributed by atoms with van der Waals surface area (Å²) in [5.74, 6) is 0. The molecule has 0 unspecified atom stereocenters. The van der Waals surface area contributed by atoms with E-state index in [1.54, 1.807) is 0 Å². The first-order valence-electron chi connectivity index (χ1n) is 10.8. The maximum absolute atomic E-state index is 7.73. The van der Waals surface area contributed by atoms with Gasteiger partial charge in [0.1, 0.15) is 4.87 Å². The van der Waals surface area contributed by atoms with E-state index in [2.05, 4.69) is 127 Å². The molecule has 0 aliphatic rings. The van der Waals surface area contributed by atoms with E-state index < -0.39 is 4.87 Å². The molecule has 0 amide bonds. The molecule has 0 saturated carbocycles. The zero-order valence-corrected chi connectivity index (χ0v) is 18.4. The third kappa shape index (κ3) is 3.64. The highest BCUT2D eigenvalue weighted by Crippen LogP contribution is 2.49. The van der Waals surface area contributed by atoms with Crippen LogP contribution in [0.3, 0.4) is 0 Å². The third-order valence-electron chi connectivity index (χ3n) is 5.93. The van der Waals surface area contributed by atoms with Crippen LogP contribution in [0.4, 0.5) is 0 Å². The second kappa shape index (κ2) is 8.86. The van der Waals surface area contributed by atoms with Gasteiger partial charge in [0.15, 0.2) is 0 Å². The lowest BCUT2D eigenvalue weighted by Crippen LogP contribution is -2.23. The number of benzene rings is 5. The van der Waals surface area contributed by atoms with Crippen molar-refractivity contribution in [2.75, 3.05) is 0 Å². The minimum absolute atomic E-state index is 0.835. The summed E-state index contributed by atoms with van der Waals surface area (Å²) < 4.78 is 0. The van der Waals surface area contributed by atoms with Gasteiger partial charge in [0.2, 0.25) is 0 Å². The smallest absolute Gasteiger partial charge is 0.104 e. The summed E-state index contributed by atoms with van der Waals surface area (Å²) in [6.45, 7) is 0. The fraction of sp³-hybridized carbons (Fsp3) is 0.0323. The van der Waals surface area contributed by atoms with Crippen molar-refractivity contribution in [2.24, 2.45) is 0 Å². The topological polar surface area (TPSA) is 0 Å². The van der Waals surface area contributed by atoms with E-state index in [0.29, 0.717) is 0 Å². The first-order chi connectivity index (χ1) is 15.8. The minimum atomic E-state index is -0.835. The zero-order valence-electron chi connectivity index (χ0n) is 17.7. The summed E-state index contributed by atoms with van der Waals surface area (Å²) in [5.41, 5.74) is 7.83. The van der Waals surface area contributed by atoms with E-state index in [9.17, 15) is 0 Å². The molecule has 0 spiro atoms. The zero-order chi connectivity index (χ0) is 21.8. The van der Waals surface area contributed by atoms with Gasteiger partial charge in [0, 0.05) is 0 Å². The fourth-order valence-electron chi connectivity index (χ4n) is 4.43. The van der Waals surface area contributed by atoms with E-state index in [4.69, 9.17) is 11.6 Å². The Hall–Kier alpha value is -3.61. The van der Waals surface area contributed by atoms with Crippen molar-refractivity contribution in [3.05, 3.63) is 156 Å².